The molecule has 1 atom stereocenters. The lowest BCUT2D eigenvalue weighted by atomic mass is 9.97. The quantitative estimate of drug-likeness (QED) is 0.408. The number of benzene rings is 2. The van der Waals surface area contributed by atoms with E-state index in [4.69, 9.17) is 9.15 Å². The molecule has 36 heavy (non-hydrogen) atoms. The molecule has 5 rings (SSSR count). The Labute approximate surface area is 204 Å². The van der Waals surface area contributed by atoms with Crippen LogP contribution in [0, 0.1) is 0 Å². The van der Waals surface area contributed by atoms with Crippen LogP contribution in [0.25, 0.3) is 22.7 Å². The van der Waals surface area contributed by atoms with Gasteiger partial charge in [-0.05, 0) is 55.3 Å². The van der Waals surface area contributed by atoms with E-state index in [1.807, 2.05) is 24.3 Å². The van der Waals surface area contributed by atoms with E-state index in [1.165, 1.54) is 12.1 Å². The lowest BCUT2D eigenvalue weighted by Gasteiger charge is -2.30. The molecule has 1 N–H and O–H groups in total. The number of methoxy groups -OCH3 is 1. The molecule has 1 fully saturated rings. The van der Waals surface area contributed by atoms with E-state index in [1.54, 1.807) is 18.1 Å². The number of nitrogens with zero attached hydrogens (tertiary/aromatic N) is 4. The summed E-state index contributed by atoms with van der Waals surface area (Å²) in [5.41, 5.74) is 1.37. The number of hydrogen-bond donors (Lipinski definition) is 1. The maximum Gasteiger partial charge on any atom is 0.416 e. The third kappa shape index (κ3) is 4.68. The minimum Gasteiger partial charge on any atom is -0.496 e. The molecule has 1 unspecified atom stereocenters. The first-order valence-electron chi connectivity index (χ1n) is 11.3. The number of rotatable bonds is 5. The van der Waals surface area contributed by atoms with Gasteiger partial charge in [0.15, 0.2) is 0 Å². The minimum atomic E-state index is -4.42. The largest absolute Gasteiger partial charge is 0.496 e. The van der Waals surface area contributed by atoms with Crippen molar-refractivity contribution in [2.45, 2.75) is 24.9 Å². The van der Waals surface area contributed by atoms with Crippen molar-refractivity contribution in [3.8, 4) is 28.5 Å². The van der Waals surface area contributed by atoms with Crippen LogP contribution in [-0.4, -0.2) is 51.4 Å². The average Bonchev–Trinajstić information content (AvgIpc) is 3.59. The number of halogens is 3. The normalized spacial score (nSPS) is 16.2. The molecule has 1 amide bonds. The molecule has 3 heterocycles. The summed E-state index contributed by atoms with van der Waals surface area (Å²) >= 11 is 0. The number of H-pyrrole nitrogens is 1. The standard InChI is InChI=1S/C25H22F3N5O3/c1-35-21-7-3-2-6-18(21)19-13-20(30-29-19)24(34)33-12-4-5-16(14-33)23-32-31-22(36-23)15-8-10-17(11-9-15)25(26,27)28/h2-3,6-11,13,16H,4-5,12,14H2,1H3,(H,29,30). The van der Waals surface area contributed by atoms with Gasteiger partial charge in [0.1, 0.15) is 11.4 Å². The lowest BCUT2D eigenvalue weighted by Crippen LogP contribution is -2.39. The van der Waals surface area contributed by atoms with Crippen LogP contribution in [0.2, 0.25) is 0 Å². The fourth-order valence-electron chi connectivity index (χ4n) is 4.28. The highest BCUT2D eigenvalue weighted by molar-refractivity contribution is 5.93. The molecule has 1 saturated heterocycles. The zero-order valence-corrected chi connectivity index (χ0v) is 19.2. The first-order valence-corrected chi connectivity index (χ1v) is 11.3. The SMILES string of the molecule is COc1ccccc1-c1cc(C(=O)N2CCCC(c3nnc(-c4ccc(C(F)(F)F)cc4)o3)C2)[nH]n1. The predicted molar refractivity (Wildman–Crippen MR) is 123 cm³/mol. The molecule has 2 aromatic heterocycles. The molecular formula is C25H22F3N5O3. The van der Waals surface area contributed by atoms with Gasteiger partial charge in [-0.3, -0.25) is 9.89 Å². The van der Waals surface area contributed by atoms with Crippen molar-refractivity contribution < 1.29 is 27.1 Å². The third-order valence-corrected chi connectivity index (χ3v) is 6.15. The molecule has 0 aliphatic carbocycles. The first kappa shape index (κ1) is 23.6. The maximum absolute atomic E-state index is 13.2. The van der Waals surface area contributed by atoms with Crippen molar-refractivity contribution in [2.24, 2.45) is 0 Å². The number of likely N-dealkylation sites (tertiary alicyclic amines) is 1. The second-order valence-electron chi connectivity index (χ2n) is 8.48. The second-order valence-corrected chi connectivity index (χ2v) is 8.48. The number of carbonyl (C=O) groups is 1. The maximum atomic E-state index is 13.2. The Morgan fingerprint density at radius 1 is 1.14 bits per heavy atom. The van der Waals surface area contributed by atoms with Crippen LogP contribution in [0.1, 0.15) is 40.7 Å². The summed E-state index contributed by atoms with van der Waals surface area (Å²) in [6.45, 7) is 0.939. The molecule has 4 aromatic rings. The van der Waals surface area contributed by atoms with E-state index in [2.05, 4.69) is 20.4 Å². The number of aromatic amines is 1. The van der Waals surface area contributed by atoms with E-state index in [9.17, 15) is 18.0 Å². The van der Waals surface area contributed by atoms with Gasteiger partial charge in [0.25, 0.3) is 5.91 Å². The molecule has 11 heteroatoms. The van der Waals surface area contributed by atoms with Crippen LogP contribution >= 0.6 is 0 Å². The first-order chi connectivity index (χ1) is 17.3. The number of amides is 1. The average molecular weight is 497 g/mol. The fourth-order valence-corrected chi connectivity index (χ4v) is 4.28. The van der Waals surface area contributed by atoms with Crippen molar-refractivity contribution >= 4 is 5.91 Å². The zero-order valence-electron chi connectivity index (χ0n) is 19.2. The fraction of sp³-hybridized carbons (Fsp3) is 0.280. The molecule has 1 aliphatic rings. The highest BCUT2D eigenvalue weighted by atomic mass is 19.4. The number of piperidine rings is 1. The Morgan fingerprint density at radius 3 is 2.67 bits per heavy atom. The smallest absolute Gasteiger partial charge is 0.416 e. The van der Waals surface area contributed by atoms with Gasteiger partial charge in [-0.2, -0.15) is 18.3 Å². The second kappa shape index (κ2) is 9.48. The van der Waals surface area contributed by atoms with E-state index < -0.39 is 11.7 Å². The van der Waals surface area contributed by atoms with Crippen LogP contribution in [0.4, 0.5) is 13.2 Å². The van der Waals surface area contributed by atoms with Crippen molar-refractivity contribution in [3.05, 3.63) is 71.7 Å². The monoisotopic (exact) mass is 497 g/mol. The Bertz CT molecular complexity index is 1360. The van der Waals surface area contributed by atoms with Gasteiger partial charge < -0.3 is 14.1 Å². The van der Waals surface area contributed by atoms with Gasteiger partial charge in [-0.1, -0.05) is 12.1 Å². The molecule has 1 aliphatic heterocycles. The summed E-state index contributed by atoms with van der Waals surface area (Å²) in [7, 11) is 1.58. The van der Waals surface area contributed by atoms with Gasteiger partial charge in [0, 0.05) is 24.2 Å². The van der Waals surface area contributed by atoms with Crippen LogP contribution in [-0.2, 0) is 6.18 Å². The molecule has 0 bridgehead atoms. The number of aromatic nitrogens is 4. The van der Waals surface area contributed by atoms with Crippen LogP contribution < -0.4 is 4.74 Å². The molecule has 2 aromatic carbocycles. The number of alkyl halides is 3. The molecule has 0 saturated carbocycles. The number of para-hydroxylation sites is 1. The summed E-state index contributed by atoms with van der Waals surface area (Å²) < 4.78 is 49.6. The molecular weight excluding hydrogens is 475 g/mol. The summed E-state index contributed by atoms with van der Waals surface area (Å²) in [6, 6.07) is 13.7. The van der Waals surface area contributed by atoms with Crippen molar-refractivity contribution in [1.82, 2.24) is 25.3 Å². The third-order valence-electron chi connectivity index (χ3n) is 6.15. The van der Waals surface area contributed by atoms with E-state index in [-0.39, 0.29) is 17.7 Å². The van der Waals surface area contributed by atoms with Gasteiger partial charge in [0.05, 0.1) is 24.3 Å². The van der Waals surface area contributed by atoms with Gasteiger partial charge >= 0.3 is 6.18 Å². The number of hydrogen-bond acceptors (Lipinski definition) is 6. The van der Waals surface area contributed by atoms with Gasteiger partial charge in [-0.25, -0.2) is 0 Å². The number of carbonyl (C=O) groups excluding carboxylic acids is 1. The Kier molecular flexibility index (Phi) is 6.21. The topological polar surface area (TPSA) is 97.1 Å². The molecule has 186 valence electrons. The Hall–Kier alpha value is -4.15. The van der Waals surface area contributed by atoms with E-state index in [0.717, 1.165) is 30.5 Å². The van der Waals surface area contributed by atoms with Crippen molar-refractivity contribution in [1.29, 1.82) is 0 Å². The highest BCUT2D eigenvalue weighted by Gasteiger charge is 2.31. The summed E-state index contributed by atoms with van der Waals surface area (Å²) in [5, 5.41) is 15.2. The minimum absolute atomic E-state index is 0.136. The van der Waals surface area contributed by atoms with Crippen molar-refractivity contribution in [2.75, 3.05) is 20.2 Å². The zero-order chi connectivity index (χ0) is 25.3. The van der Waals surface area contributed by atoms with Crippen molar-refractivity contribution in [3.63, 3.8) is 0 Å². The summed E-state index contributed by atoms with van der Waals surface area (Å²) in [5.74, 6) is 0.756. The van der Waals surface area contributed by atoms with Crippen LogP contribution in [0.3, 0.4) is 0 Å². The highest BCUT2D eigenvalue weighted by Crippen LogP contribution is 2.33. The summed E-state index contributed by atoms with van der Waals surface area (Å²) in [6.07, 6.45) is -2.94. The van der Waals surface area contributed by atoms with Crippen LogP contribution in [0.15, 0.2) is 59.0 Å². The van der Waals surface area contributed by atoms with Gasteiger partial charge in [0.2, 0.25) is 11.8 Å². The number of nitrogens with one attached hydrogen (secondary N) is 1. The van der Waals surface area contributed by atoms with E-state index in [0.29, 0.717) is 41.7 Å². The van der Waals surface area contributed by atoms with Gasteiger partial charge in [-0.15, -0.1) is 10.2 Å². The molecule has 0 spiro atoms. The Morgan fingerprint density at radius 2 is 1.92 bits per heavy atom. The van der Waals surface area contributed by atoms with Crippen LogP contribution in [0.5, 0.6) is 5.75 Å². The number of ether oxygens (including phenoxy) is 1. The molecule has 0 radical (unpaired) electrons. The Balaban J connectivity index is 1.29. The predicted octanol–water partition coefficient (Wildman–Crippen LogP) is 5.17. The summed E-state index contributed by atoms with van der Waals surface area (Å²) in [4.78, 5) is 14.9. The lowest BCUT2D eigenvalue weighted by molar-refractivity contribution is -0.137. The van der Waals surface area contributed by atoms with E-state index >= 15 is 0 Å². The molecule has 8 nitrogen and oxygen atoms in total.